The molecule has 138 valence electrons. The molecule has 2 heterocycles. The molecule has 0 bridgehead atoms. The van der Waals surface area contributed by atoms with Gasteiger partial charge in [0.05, 0.1) is 18.3 Å². The van der Waals surface area contributed by atoms with Crippen molar-refractivity contribution in [2.45, 2.75) is 46.3 Å². The number of nitrogens with one attached hydrogen (secondary N) is 1. The van der Waals surface area contributed by atoms with Crippen molar-refractivity contribution in [2.75, 3.05) is 11.9 Å². The quantitative estimate of drug-likeness (QED) is 0.795. The van der Waals surface area contributed by atoms with Crippen LogP contribution in [-0.4, -0.2) is 38.9 Å². The summed E-state index contributed by atoms with van der Waals surface area (Å²) in [4.78, 5) is 12.8. The van der Waals surface area contributed by atoms with Crippen molar-refractivity contribution in [2.24, 2.45) is 0 Å². The van der Waals surface area contributed by atoms with Crippen molar-refractivity contribution in [3.8, 4) is 5.75 Å². The lowest BCUT2D eigenvalue weighted by Crippen LogP contribution is -2.31. The summed E-state index contributed by atoms with van der Waals surface area (Å²) in [5, 5.41) is 14.9. The molecule has 0 amide bonds. The van der Waals surface area contributed by atoms with E-state index in [0.717, 1.165) is 12.0 Å². The third-order valence-corrected chi connectivity index (χ3v) is 3.95. The first-order valence-corrected chi connectivity index (χ1v) is 8.71. The summed E-state index contributed by atoms with van der Waals surface area (Å²) in [6, 6.07) is 7.08. The highest BCUT2D eigenvalue weighted by Gasteiger charge is 2.36. The zero-order chi connectivity index (χ0) is 18.7. The number of carbonyl (C=O) groups is 1. The molecule has 0 saturated carbocycles. The van der Waals surface area contributed by atoms with Gasteiger partial charge in [-0.05, 0) is 43.7 Å². The Kier molecular flexibility index (Phi) is 5.20. The van der Waals surface area contributed by atoms with E-state index in [1.807, 2.05) is 52.0 Å². The van der Waals surface area contributed by atoms with E-state index in [0.29, 0.717) is 29.6 Å². The normalized spacial score (nSPS) is 16.3. The molecule has 0 unspecified atom stereocenters. The number of allylic oxidation sites excluding steroid dienone is 1. The van der Waals surface area contributed by atoms with Crippen molar-refractivity contribution in [3.05, 3.63) is 41.1 Å². The summed E-state index contributed by atoms with van der Waals surface area (Å²) in [5.74, 6) is 0.769. The van der Waals surface area contributed by atoms with E-state index in [9.17, 15) is 4.79 Å². The minimum Gasteiger partial charge on any atom is -0.493 e. The maximum Gasteiger partial charge on any atom is 0.338 e. The van der Waals surface area contributed by atoms with E-state index in [-0.39, 0.29) is 6.10 Å². The predicted molar refractivity (Wildman–Crippen MR) is 95.7 cm³/mol. The number of nitrogens with zero attached hydrogens (tertiary/aromatic N) is 4. The zero-order valence-corrected chi connectivity index (χ0v) is 15.4. The lowest BCUT2D eigenvalue weighted by atomic mass is 9.95. The number of ether oxygens (including phenoxy) is 2. The number of hydrogen-bond acceptors (Lipinski definition) is 7. The Labute approximate surface area is 152 Å². The lowest BCUT2D eigenvalue weighted by molar-refractivity contribution is -0.143. The molecular formula is C18H23N5O3. The van der Waals surface area contributed by atoms with Gasteiger partial charge in [0, 0.05) is 11.3 Å². The summed E-state index contributed by atoms with van der Waals surface area (Å²) in [6.45, 7) is 8.08. The molecule has 2 aromatic rings. The third-order valence-electron chi connectivity index (χ3n) is 3.95. The van der Waals surface area contributed by atoms with Crippen LogP contribution >= 0.6 is 0 Å². The van der Waals surface area contributed by atoms with Crippen LogP contribution in [0.5, 0.6) is 5.75 Å². The molecule has 26 heavy (non-hydrogen) atoms. The van der Waals surface area contributed by atoms with Crippen LogP contribution in [0.2, 0.25) is 0 Å². The Morgan fingerprint density at radius 1 is 1.35 bits per heavy atom. The molecule has 8 nitrogen and oxygen atoms in total. The number of hydrogen-bond donors (Lipinski definition) is 1. The Balaban J connectivity index is 2.11. The van der Waals surface area contributed by atoms with Crippen molar-refractivity contribution in [1.29, 1.82) is 0 Å². The highest BCUT2D eigenvalue weighted by molar-refractivity contribution is 5.92. The number of benzene rings is 1. The maximum atomic E-state index is 12.8. The molecule has 1 aromatic heterocycles. The highest BCUT2D eigenvalue weighted by atomic mass is 16.5. The lowest BCUT2D eigenvalue weighted by Gasteiger charge is -2.29. The number of fused-ring (bicyclic) bond motifs is 1. The topological polar surface area (TPSA) is 91.2 Å². The summed E-state index contributed by atoms with van der Waals surface area (Å²) in [7, 11) is 0. The smallest absolute Gasteiger partial charge is 0.338 e. The third kappa shape index (κ3) is 3.40. The van der Waals surface area contributed by atoms with Gasteiger partial charge in [-0.3, -0.25) is 0 Å². The number of aromatic nitrogens is 4. The summed E-state index contributed by atoms with van der Waals surface area (Å²) in [6.07, 6.45) is 0.652. The Morgan fingerprint density at radius 2 is 2.12 bits per heavy atom. The van der Waals surface area contributed by atoms with Crippen LogP contribution in [0.4, 0.5) is 5.95 Å². The molecule has 0 saturated heterocycles. The number of esters is 1. The monoisotopic (exact) mass is 357 g/mol. The first kappa shape index (κ1) is 17.9. The number of carbonyl (C=O) groups excluding carboxylic acids is 1. The average molecular weight is 357 g/mol. The van der Waals surface area contributed by atoms with Gasteiger partial charge in [0.2, 0.25) is 5.95 Å². The molecule has 3 rings (SSSR count). The second kappa shape index (κ2) is 7.55. The SMILES string of the molecule is CCCOc1ccccc1[C@@H]1C(C(=O)OC(C)C)=C(C)Nc2nnnn21. The van der Waals surface area contributed by atoms with E-state index >= 15 is 0 Å². The van der Waals surface area contributed by atoms with Crippen molar-refractivity contribution in [3.63, 3.8) is 0 Å². The molecule has 1 N–H and O–H groups in total. The second-order valence-electron chi connectivity index (χ2n) is 6.35. The number of anilines is 1. The maximum absolute atomic E-state index is 12.8. The predicted octanol–water partition coefficient (Wildman–Crippen LogP) is 2.70. The van der Waals surface area contributed by atoms with Gasteiger partial charge in [-0.2, -0.15) is 4.68 Å². The van der Waals surface area contributed by atoms with Crippen LogP contribution in [0.3, 0.4) is 0 Å². The van der Waals surface area contributed by atoms with Gasteiger partial charge in [0.25, 0.3) is 0 Å². The van der Waals surface area contributed by atoms with Crippen molar-refractivity contribution >= 4 is 11.9 Å². The second-order valence-corrected chi connectivity index (χ2v) is 6.35. The summed E-state index contributed by atoms with van der Waals surface area (Å²) >= 11 is 0. The van der Waals surface area contributed by atoms with Crippen LogP contribution in [0, 0.1) is 0 Å². The Morgan fingerprint density at radius 3 is 2.85 bits per heavy atom. The molecule has 0 aliphatic carbocycles. The van der Waals surface area contributed by atoms with Gasteiger partial charge >= 0.3 is 5.97 Å². The summed E-state index contributed by atoms with van der Waals surface area (Å²) in [5.41, 5.74) is 1.94. The fourth-order valence-corrected chi connectivity index (χ4v) is 2.89. The first-order chi connectivity index (χ1) is 12.5. The van der Waals surface area contributed by atoms with Crippen LogP contribution in [0.15, 0.2) is 35.5 Å². The molecule has 1 atom stereocenters. The van der Waals surface area contributed by atoms with E-state index in [1.165, 1.54) is 0 Å². The molecule has 1 aromatic carbocycles. The van der Waals surface area contributed by atoms with Gasteiger partial charge in [-0.15, -0.1) is 0 Å². The van der Waals surface area contributed by atoms with Gasteiger partial charge in [0.1, 0.15) is 11.8 Å². The Hall–Kier alpha value is -2.90. The first-order valence-electron chi connectivity index (χ1n) is 8.71. The van der Waals surface area contributed by atoms with Gasteiger partial charge in [-0.1, -0.05) is 30.2 Å². The van der Waals surface area contributed by atoms with E-state index in [2.05, 4.69) is 20.8 Å². The van der Waals surface area contributed by atoms with Crippen LogP contribution in [0.1, 0.15) is 45.7 Å². The largest absolute Gasteiger partial charge is 0.493 e. The number of tetrazole rings is 1. The molecule has 0 fully saturated rings. The standard InChI is InChI=1S/C18H23N5O3/c1-5-10-25-14-9-7-6-8-13(14)16-15(17(24)26-11(2)3)12(4)19-18-20-21-22-23(16)18/h6-9,11,16H,5,10H2,1-4H3,(H,19,20,22)/t16-/m1/s1. The summed E-state index contributed by atoms with van der Waals surface area (Å²) < 4.78 is 12.9. The van der Waals surface area contributed by atoms with E-state index in [4.69, 9.17) is 9.47 Å². The molecule has 0 radical (unpaired) electrons. The highest BCUT2D eigenvalue weighted by Crippen LogP contribution is 2.39. The number of rotatable bonds is 6. The zero-order valence-electron chi connectivity index (χ0n) is 15.4. The fourth-order valence-electron chi connectivity index (χ4n) is 2.89. The Bertz CT molecular complexity index is 828. The molecular weight excluding hydrogens is 334 g/mol. The van der Waals surface area contributed by atoms with E-state index < -0.39 is 12.0 Å². The minimum absolute atomic E-state index is 0.231. The van der Waals surface area contributed by atoms with Gasteiger partial charge in [-0.25, -0.2) is 4.79 Å². The van der Waals surface area contributed by atoms with E-state index in [1.54, 1.807) is 4.68 Å². The molecule has 1 aliphatic heterocycles. The van der Waals surface area contributed by atoms with Crippen molar-refractivity contribution in [1.82, 2.24) is 20.2 Å². The molecule has 8 heteroatoms. The fraction of sp³-hybridized carbons (Fsp3) is 0.444. The van der Waals surface area contributed by atoms with Crippen LogP contribution < -0.4 is 10.1 Å². The molecule has 1 aliphatic rings. The van der Waals surface area contributed by atoms with Crippen LogP contribution in [-0.2, 0) is 9.53 Å². The molecule has 0 spiro atoms. The van der Waals surface area contributed by atoms with Crippen molar-refractivity contribution < 1.29 is 14.3 Å². The van der Waals surface area contributed by atoms with Crippen LogP contribution in [0.25, 0.3) is 0 Å². The minimum atomic E-state index is -0.527. The van der Waals surface area contributed by atoms with Gasteiger partial charge in [0.15, 0.2) is 0 Å². The number of para-hydroxylation sites is 1. The van der Waals surface area contributed by atoms with Gasteiger partial charge < -0.3 is 14.8 Å². The average Bonchev–Trinajstić information content (AvgIpc) is 3.06.